The summed E-state index contributed by atoms with van der Waals surface area (Å²) in [4.78, 5) is 9.12. The summed E-state index contributed by atoms with van der Waals surface area (Å²) in [6, 6.07) is 0. The maximum Gasteiger partial charge on any atom is 0.326 e. The Bertz CT molecular complexity index is 145. The van der Waals surface area contributed by atoms with Gasteiger partial charge in [-0.25, -0.2) is 0 Å². The van der Waals surface area contributed by atoms with Crippen LogP contribution >= 0.6 is 34.8 Å². The molecule has 0 unspecified atom stereocenters. The molecule has 0 heterocycles. The van der Waals surface area contributed by atoms with Crippen molar-refractivity contribution >= 4 is 40.8 Å². The molecule has 5 heteroatoms. The van der Waals surface area contributed by atoms with Crippen LogP contribution in [0.3, 0.4) is 0 Å². The number of carbonyl (C=O) groups is 1. The van der Waals surface area contributed by atoms with Gasteiger partial charge in [0.25, 0.3) is 0 Å². The summed E-state index contributed by atoms with van der Waals surface area (Å²) in [6.45, 7) is 1.51. The SMILES string of the molecule is COC(=O)[C@](C)(Cl)CC(Cl)Cl. The molecule has 11 heavy (non-hydrogen) atoms. The highest BCUT2D eigenvalue weighted by Gasteiger charge is 2.33. The number of carbonyl (C=O) groups excluding carboxylic acids is 1. The number of esters is 1. The molecule has 0 saturated heterocycles. The topological polar surface area (TPSA) is 26.3 Å². The molecule has 0 saturated carbocycles. The number of rotatable bonds is 3. The molecular weight excluding hydrogens is 210 g/mol. The van der Waals surface area contributed by atoms with Gasteiger partial charge in [-0.3, -0.25) is 4.79 Å². The first-order chi connectivity index (χ1) is 4.90. The number of hydrogen-bond acceptors (Lipinski definition) is 2. The van der Waals surface area contributed by atoms with Crippen LogP contribution in [0.5, 0.6) is 0 Å². The van der Waals surface area contributed by atoms with Crippen molar-refractivity contribution in [2.45, 2.75) is 23.1 Å². The molecule has 0 aromatic rings. The highest BCUT2D eigenvalue weighted by atomic mass is 35.5. The third-order valence-electron chi connectivity index (χ3n) is 1.15. The van der Waals surface area contributed by atoms with Crippen molar-refractivity contribution in [3.63, 3.8) is 0 Å². The number of alkyl halides is 3. The van der Waals surface area contributed by atoms with E-state index in [-0.39, 0.29) is 6.42 Å². The van der Waals surface area contributed by atoms with E-state index in [4.69, 9.17) is 34.8 Å². The molecule has 1 atom stereocenters. The van der Waals surface area contributed by atoms with Crippen LogP contribution in [0.2, 0.25) is 0 Å². The standard InChI is InChI=1S/C6H9Cl3O2/c1-6(9,3-4(7)8)5(10)11-2/h4H,3H2,1-2H3/t6-/m1/s1. The van der Waals surface area contributed by atoms with E-state index in [2.05, 4.69) is 4.74 Å². The molecule has 0 aliphatic heterocycles. The van der Waals surface area contributed by atoms with Crippen LogP contribution in [0.25, 0.3) is 0 Å². The van der Waals surface area contributed by atoms with E-state index in [1.165, 1.54) is 14.0 Å². The Hall–Kier alpha value is 0.340. The first-order valence-corrected chi connectivity index (χ1v) is 4.20. The van der Waals surface area contributed by atoms with Gasteiger partial charge >= 0.3 is 5.97 Å². The van der Waals surface area contributed by atoms with Gasteiger partial charge in [-0.2, -0.15) is 0 Å². The minimum atomic E-state index is -1.12. The maximum absolute atomic E-state index is 10.9. The Morgan fingerprint density at radius 3 is 2.36 bits per heavy atom. The van der Waals surface area contributed by atoms with Crippen molar-refractivity contribution in [3.8, 4) is 0 Å². The summed E-state index contributed by atoms with van der Waals surface area (Å²) in [5, 5.41) is 0. The number of ether oxygens (including phenoxy) is 1. The van der Waals surface area contributed by atoms with E-state index in [1.54, 1.807) is 0 Å². The Labute approximate surface area is 80.7 Å². The predicted molar refractivity (Wildman–Crippen MR) is 46.4 cm³/mol. The molecule has 2 nitrogen and oxygen atoms in total. The summed E-state index contributed by atoms with van der Waals surface area (Å²) in [6.07, 6.45) is 0.171. The second-order valence-electron chi connectivity index (χ2n) is 2.28. The third kappa shape index (κ3) is 4.04. The van der Waals surface area contributed by atoms with Crippen molar-refractivity contribution in [1.82, 2.24) is 0 Å². The average molecular weight is 219 g/mol. The second kappa shape index (κ2) is 4.39. The third-order valence-corrected chi connectivity index (χ3v) is 1.77. The van der Waals surface area contributed by atoms with Crippen LogP contribution in [0.15, 0.2) is 0 Å². The summed E-state index contributed by atoms with van der Waals surface area (Å²) in [5.74, 6) is -0.523. The van der Waals surface area contributed by atoms with Crippen molar-refractivity contribution in [1.29, 1.82) is 0 Å². The van der Waals surface area contributed by atoms with Gasteiger partial charge in [0, 0.05) is 6.42 Å². The Morgan fingerprint density at radius 1 is 1.64 bits per heavy atom. The fraction of sp³-hybridized carbons (Fsp3) is 0.833. The zero-order valence-corrected chi connectivity index (χ0v) is 8.50. The van der Waals surface area contributed by atoms with Gasteiger partial charge < -0.3 is 4.74 Å². The van der Waals surface area contributed by atoms with E-state index in [9.17, 15) is 4.79 Å². The molecule has 0 rings (SSSR count). The normalized spacial score (nSPS) is 16.2. The highest BCUT2D eigenvalue weighted by molar-refractivity contribution is 6.45. The van der Waals surface area contributed by atoms with E-state index in [0.29, 0.717) is 0 Å². The zero-order valence-electron chi connectivity index (χ0n) is 6.23. The highest BCUT2D eigenvalue weighted by Crippen LogP contribution is 2.26. The molecule has 0 aromatic carbocycles. The second-order valence-corrected chi connectivity index (χ2v) is 4.40. The van der Waals surface area contributed by atoms with E-state index in [0.717, 1.165) is 0 Å². The molecule has 0 fully saturated rings. The van der Waals surface area contributed by atoms with Gasteiger partial charge in [-0.15, -0.1) is 34.8 Å². The fourth-order valence-electron chi connectivity index (χ4n) is 0.586. The van der Waals surface area contributed by atoms with Gasteiger partial charge in [0.15, 0.2) is 0 Å². The first kappa shape index (κ1) is 11.3. The van der Waals surface area contributed by atoms with E-state index >= 15 is 0 Å². The monoisotopic (exact) mass is 218 g/mol. The molecule has 0 aromatic heterocycles. The first-order valence-electron chi connectivity index (χ1n) is 2.95. The van der Waals surface area contributed by atoms with Crippen LogP contribution in [0.1, 0.15) is 13.3 Å². The fourth-order valence-corrected chi connectivity index (χ4v) is 1.59. The quantitative estimate of drug-likeness (QED) is 0.538. The number of halogens is 3. The smallest absolute Gasteiger partial charge is 0.326 e. The summed E-state index contributed by atoms with van der Waals surface area (Å²) >= 11 is 16.6. The average Bonchev–Trinajstić information content (AvgIpc) is 1.83. The summed E-state index contributed by atoms with van der Waals surface area (Å²) in [7, 11) is 1.26. The van der Waals surface area contributed by atoms with Gasteiger partial charge in [0.2, 0.25) is 0 Å². The summed E-state index contributed by atoms with van der Waals surface area (Å²) in [5.41, 5.74) is 0. The van der Waals surface area contributed by atoms with Crippen LogP contribution in [0, 0.1) is 0 Å². The van der Waals surface area contributed by atoms with Crippen molar-refractivity contribution in [2.24, 2.45) is 0 Å². The van der Waals surface area contributed by atoms with E-state index in [1.807, 2.05) is 0 Å². The minimum Gasteiger partial charge on any atom is -0.468 e. The maximum atomic E-state index is 10.9. The van der Waals surface area contributed by atoms with E-state index < -0.39 is 15.7 Å². The van der Waals surface area contributed by atoms with Crippen molar-refractivity contribution in [2.75, 3.05) is 7.11 Å². The van der Waals surface area contributed by atoms with Crippen LogP contribution in [-0.4, -0.2) is 22.8 Å². The summed E-state index contributed by atoms with van der Waals surface area (Å²) < 4.78 is 4.43. The van der Waals surface area contributed by atoms with Crippen molar-refractivity contribution < 1.29 is 9.53 Å². The molecule has 0 radical (unpaired) electrons. The lowest BCUT2D eigenvalue weighted by Crippen LogP contribution is -2.31. The van der Waals surface area contributed by atoms with Gasteiger partial charge in [0.05, 0.1) is 7.11 Å². The molecule has 0 bridgehead atoms. The largest absolute Gasteiger partial charge is 0.468 e. The molecule has 0 aliphatic rings. The van der Waals surface area contributed by atoms with Gasteiger partial charge in [-0.1, -0.05) is 0 Å². The van der Waals surface area contributed by atoms with Gasteiger partial charge in [-0.05, 0) is 6.92 Å². The van der Waals surface area contributed by atoms with Crippen LogP contribution < -0.4 is 0 Å². The number of methoxy groups -OCH3 is 1. The molecule has 66 valence electrons. The minimum absolute atomic E-state index is 0.171. The predicted octanol–water partition coefficient (Wildman–Crippen LogP) is 2.35. The Balaban J connectivity index is 4.09. The molecular formula is C6H9Cl3O2. The lowest BCUT2D eigenvalue weighted by molar-refractivity contribution is -0.143. The zero-order chi connectivity index (χ0) is 9.07. The number of hydrogen-bond donors (Lipinski definition) is 0. The molecule has 0 aliphatic carbocycles. The molecule has 0 amide bonds. The Kier molecular flexibility index (Phi) is 4.52. The Morgan fingerprint density at radius 2 is 2.09 bits per heavy atom. The molecule has 0 spiro atoms. The van der Waals surface area contributed by atoms with Gasteiger partial charge in [0.1, 0.15) is 9.71 Å². The molecule has 0 N–H and O–H groups in total. The van der Waals surface area contributed by atoms with Crippen molar-refractivity contribution in [3.05, 3.63) is 0 Å². The lowest BCUT2D eigenvalue weighted by atomic mass is 10.1. The lowest BCUT2D eigenvalue weighted by Gasteiger charge is -2.18. The van der Waals surface area contributed by atoms with Crippen LogP contribution in [-0.2, 0) is 9.53 Å². The van der Waals surface area contributed by atoms with Crippen LogP contribution in [0.4, 0.5) is 0 Å².